The number of aliphatic carboxylic acids is 2. The summed E-state index contributed by atoms with van der Waals surface area (Å²) in [6, 6.07) is 5.47. The molecule has 0 spiro atoms. The van der Waals surface area contributed by atoms with Crippen molar-refractivity contribution in [3.05, 3.63) is 42.0 Å². The second-order valence-electron chi connectivity index (χ2n) is 10.4. The van der Waals surface area contributed by atoms with Crippen molar-refractivity contribution in [2.45, 2.75) is 68.6 Å². The van der Waals surface area contributed by atoms with E-state index in [0.29, 0.717) is 10.8 Å². The van der Waals surface area contributed by atoms with Crippen LogP contribution in [0.3, 0.4) is 0 Å². The second kappa shape index (κ2) is 15.7. The molecule has 45 heavy (non-hydrogen) atoms. The highest BCUT2D eigenvalue weighted by Gasteiger charge is 2.44. The number of aliphatic hydroxyl groups excluding tert-OH is 4. The van der Waals surface area contributed by atoms with E-state index in [-0.39, 0.29) is 17.7 Å². The van der Waals surface area contributed by atoms with E-state index >= 15 is 0 Å². The Morgan fingerprint density at radius 3 is 2.29 bits per heavy atom. The van der Waals surface area contributed by atoms with Crippen LogP contribution in [0.25, 0.3) is 10.8 Å². The van der Waals surface area contributed by atoms with Crippen molar-refractivity contribution in [1.82, 2.24) is 10.6 Å². The number of nitrogens with two attached hydrogens (primary N) is 1. The van der Waals surface area contributed by atoms with Crippen LogP contribution in [0, 0.1) is 0 Å². The summed E-state index contributed by atoms with van der Waals surface area (Å²) in [5.41, 5.74) is 5.74. The maximum absolute atomic E-state index is 13.3. The van der Waals surface area contributed by atoms with Crippen LogP contribution in [0.1, 0.15) is 30.1 Å². The zero-order valence-electron chi connectivity index (χ0n) is 24.0. The molecule has 3 unspecified atom stereocenters. The number of carboxylic acid groups (broad SMARTS) is 2. The third-order valence-electron chi connectivity index (χ3n) is 7.04. The standard InChI is InChI=1S/C28H36N4O13/c1-12(30-25(40)15(29)11-44-28-23(38)22(37)21(36)18(10-33)45-28)24(39)31-16-7-6-13-4-2-3-5-14(13)20(16)26(41)32-17(27(42)43)8-9-19(34)35/h2-7,12,15,17-18,21-23,28,33,36-38H,8-11,29H2,1H3,(H,30,40)(H,31,39)(H,32,41)(H,34,35)(H,42,43)/t12-,15+,17?,18?,21+,22?,23+,28-/m1/s1. The zero-order chi connectivity index (χ0) is 33.4. The van der Waals surface area contributed by atoms with E-state index in [1.807, 2.05) is 0 Å². The fourth-order valence-electron chi connectivity index (χ4n) is 4.48. The molecule has 0 bridgehead atoms. The SMILES string of the molecule is C[C@@H](NC(=O)[C@@H](N)CO[C@@H]1OC(CO)[C@H](O)C(O)[C@@H]1O)C(=O)Nc1ccc2ccccc2c1C(=O)NC(CCC(=O)O)C(=O)O. The number of anilines is 1. The lowest BCUT2D eigenvalue weighted by Crippen LogP contribution is -2.60. The number of aliphatic hydroxyl groups is 4. The lowest BCUT2D eigenvalue weighted by atomic mass is 9.99. The molecule has 0 aromatic heterocycles. The Hall–Kier alpha value is -4.23. The summed E-state index contributed by atoms with van der Waals surface area (Å²) in [5, 5.41) is 65.6. The van der Waals surface area contributed by atoms with Gasteiger partial charge in [-0.3, -0.25) is 19.2 Å². The van der Waals surface area contributed by atoms with Gasteiger partial charge >= 0.3 is 11.9 Å². The van der Waals surface area contributed by atoms with Crippen LogP contribution < -0.4 is 21.7 Å². The molecule has 1 saturated heterocycles. The molecular weight excluding hydrogens is 600 g/mol. The summed E-state index contributed by atoms with van der Waals surface area (Å²) in [6.07, 6.45) is -8.66. The van der Waals surface area contributed by atoms with Crippen LogP contribution in [0.5, 0.6) is 0 Å². The van der Waals surface area contributed by atoms with Crippen LogP contribution in [0.15, 0.2) is 36.4 Å². The highest BCUT2D eigenvalue weighted by molar-refractivity contribution is 6.14. The van der Waals surface area contributed by atoms with Gasteiger partial charge in [0.15, 0.2) is 6.29 Å². The summed E-state index contributed by atoms with van der Waals surface area (Å²) in [7, 11) is 0. The van der Waals surface area contributed by atoms with E-state index in [1.165, 1.54) is 13.0 Å². The molecule has 246 valence electrons. The first-order valence-corrected chi connectivity index (χ1v) is 13.8. The van der Waals surface area contributed by atoms with Crippen molar-refractivity contribution in [2.75, 3.05) is 18.5 Å². The van der Waals surface area contributed by atoms with E-state index in [0.717, 1.165) is 0 Å². The van der Waals surface area contributed by atoms with Crippen LogP contribution in [0.2, 0.25) is 0 Å². The van der Waals surface area contributed by atoms with E-state index < -0.39 is 98.1 Å². The third kappa shape index (κ3) is 8.92. The zero-order valence-corrected chi connectivity index (χ0v) is 24.0. The minimum atomic E-state index is -1.71. The van der Waals surface area contributed by atoms with Gasteiger partial charge in [-0.15, -0.1) is 0 Å². The quantitative estimate of drug-likeness (QED) is 0.102. The van der Waals surface area contributed by atoms with Crippen LogP contribution in [-0.4, -0.2) is 122 Å². The summed E-state index contributed by atoms with van der Waals surface area (Å²) < 4.78 is 10.5. The number of hydrogen-bond donors (Lipinski definition) is 10. The van der Waals surface area contributed by atoms with E-state index in [9.17, 15) is 49.5 Å². The molecule has 0 saturated carbocycles. The van der Waals surface area contributed by atoms with Crippen LogP contribution in [0.4, 0.5) is 5.69 Å². The average molecular weight is 637 g/mol. The minimum absolute atomic E-state index is 0.0186. The topological polar surface area (TPSA) is 287 Å². The number of carbonyl (C=O) groups is 5. The Kier molecular flexibility index (Phi) is 12.3. The van der Waals surface area contributed by atoms with Crippen molar-refractivity contribution in [3.8, 4) is 0 Å². The van der Waals surface area contributed by atoms with Gasteiger partial charge in [0.05, 0.1) is 24.5 Å². The number of carbonyl (C=O) groups excluding carboxylic acids is 3. The molecule has 3 amide bonds. The molecule has 1 aliphatic heterocycles. The molecule has 0 aliphatic carbocycles. The van der Waals surface area contributed by atoms with Crippen molar-refractivity contribution in [3.63, 3.8) is 0 Å². The highest BCUT2D eigenvalue weighted by atomic mass is 16.7. The Morgan fingerprint density at radius 1 is 0.956 bits per heavy atom. The van der Waals surface area contributed by atoms with Gasteiger partial charge in [0.2, 0.25) is 11.8 Å². The predicted octanol–water partition coefficient (Wildman–Crippen LogP) is -2.53. The molecule has 1 fully saturated rings. The maximum atomic E-state index is 13.3. The number of fused-ring (bicyclic) bond motifs is 1. The summed E-state index contributed by atoms with van der Waals surface area (Å²) in [6.45, 7) is 0.0887. The molecule has 2 aromatic carbocycles. The average Bonchev–Trinajstić information content (AvgIpc) is 3.00. The van der Waals surface area contributed by atoms with Gasteiger partial charge in [-0.2, -0.15) is 0 Å². The number of ether oxygens (including phenoxy) is 2. The molecule has 1 heterocycles. The fourth-order valence-corrected chi connectivity index (χ4v) is 4.48. The number of benzene rings is 2. The predicted molar refractivity (Wildman–Crippen MR) is 154 cm³/mol. The Labute approximate surface area is 255 Å². The van der Waals surface area contributed by atoms with Gasteiger partial charge in [0.1, 0.15) is 42.5 Å². The largest absolute Gasteiger partial charge is 0.481 e. The monoisotopic (exact) mass is 636 g/mol. The molecule has 1 aliphatic rings. The summed E-state index contributed by atoms with van der Waals surface area (Å²) in [4.78, 5) is 61.6. The smallest absolute Gasteiger partial charge is 0.326 e. The first kappa shape index (κ1) is 35.3. The Morgan fingerprint density at radius 2 is 1.64 bits per heavy atom. The normalized spacial score (nSPS) is 23.4. The summed E-state index contributed by atoms with van der Waals surface area (Å²) >= 11 is 0. The third-order valence-corrected chi connectivity index (χ3v) is 7.04. The van der Waals surface area contributed by atoms with Crippen molar-refractivity contribution >= 4 is 46.1 Å². The van der Waals surface area contributed by atoms with Crippen molar-refractivity contribution < 1.29 is 64.1 Å². The molecule has 8 atom stereocenters. The molecule has 3 rings (SSSR count). The lowest BCUT2D eigenvalue weighted by molar-refractivity contribution is -0.301. The van der Waals surface area contributed by atoms with Gasteiger partial charge in [-0.1, -0.05) is 30.3 Å². The molecule has 17 heteroatoms. The number of rotatable bonds is 14. The van der Waals surface area contributed by atoms with Gasteiger partial charge in [0, 0.05) is 6.42 Å². The molecule has 17 nitrogen and oxygen atoms in total. The van der Waals surface area contributed by atoms with Crippen molar-refractivity contribution in [2.24, 2.45) is 5.73 Å². The van der Waals surface area contributed by atoms with Gasteiger partial charge < -0.3 is 61.8 Å². The van der Waals surface area contributed by atoms with Crippen LogP contribution >= 0.6 is 0 Å². The van der Waals surface area contributed by atoms with E-state index in [2.05, 4.69) is 16.0 Å². The first-order chi connectivity index (χ1) is 21.2. The number of nitrogens with one attached hydrogen (secondary N) is 3. The fraction of sp³-hybridized carbons (Fsp3) is 0.464. The van der Waals surface area contributed by atoms with Gasteiger partial charge in [-0.05, 0) is 30.2 Å². The first-order valence-electron chi connectivity index (χ1n) is 13.8. The van der Waals surface area contributed by atoms with Crippen LogP contribution in [-0.2, 0) is 28.7 Å². The minimum Gasteiger partial charge on any atom is -0.481 e. The Balaban J connectivity index is 1.69. The summed E-state index contributed by atoms with van der Waals surface area (Å²) in [5.74, 6) is -5.22. The van der Waals surface area contributed by atoms with Gasteiger partial charge in [0.25, 0.3) is 5.91 Å². The molecular formula is C28H36N4O13. The number of hydrogen-bond acceptors (Lipinski definition) is 12. The van der Waals surface area contributed by atoms with Crippen molar-refractivity contribution in [1.29, 1.82) is 0 Å². The maximum Gasteiger partial charge on any atom is 0.326 e. The number of carboxylic acids is 2. The number of amides is 3. The second-order valence-corrected chi connectivity index (χ2v) is 10.4. The Bertz CT molecular complexity index is 1400. The molecule has 0 radical (unpaired) electrons. The lowest BCUT2D eigenvalue weighted by Gasteiger charge is -2.39. The van der Waals surface area contributed by atoms with Gasteiger partial charge in [-0.25, -0.2) is 4.79 Å². The van der Waals surface area contributed by atoms with E-state index in [1.54, 1.807) is 30.3 Å². The molecule has 11 N–H and O–H groups in total. The van der Waals surface area contributed by atoms with E-state index in [4.69, 9.17) is 20.3 Å². The highest BCUT2D eigenvalue weighted by Crippen LogP contribution is 2.27. The molecule has 2 aromatic rings.